The van der Waals surface area contributed by atoms with Gasteiger partial charge in [0.2, 0.25) is 21.7 Å². The second-order valence-corrected chi connectivity index (χ2v) is 7.47. The summed E-state index contributed by atoms with van der Waals surface area (Å²) in [6.07, 6.45) is 0. The minimum atomic E-state index is -3.83. The minimum absolute atomic E-state index is 0.0346. The maximum absolute atomic E-state index is 13.3. The Kier molecular flexibility index (Phi) is 5.52. The number of rotatable bonds is 7. The maximum Gasteiger partial charge on any atom is 0.242 e. The van der Waals surface area contributed by atoms with Crippen LogP contribution < -0.4 is 9.46 Å². The first kappa shape index (κ1) is 19.0. The first-order chi connectivity index (χ1) is 12.9. The average Bonchev–Trinajstić information content (AvgIpc) is 3.12. The lowest BCUT2D eigenvalue weighted by atomic mass is 10.2. The van der Waals surface area contributed by atoms with Crippen molar-refractivity contribution < 1.29 is 22.1 Å². The summed E-state index contributed by atoms with van der Waals surface area (Å²) in [5, 5.41) is 3.85. The Morgan fingerprint density at radius 1 is 1.19 bits per heavy atom. The second kappa shape index (κ2) is 7.85. The molecule has 1 N–H and O–H groups in total. The highest BCUT2D eigenvalue weighted by Crippen LogP contribution is 2.20. The van der Waals surface area contributed by atoms with E-state index in [4.69, 9.17) is 9.26 Å². The van der Waals surface area contributed by atoms with E-state index >= 15 is 0 Å². The molecule has 0 amide bonds. The number of aromatic nitrogens is 2. The fourth-order valence-corrected chi connectivity index (χ4v) is 3.39. The molecule has 0 bridgehead atoms. The summed E-state index contributed by atoms with van der Waals surface area (Å²) in [7, 11) is -3.83. The average molecular weight is 391 g/mol. The molecule has 9 heteroatoms. The quantitative estimate of drug-likeness (QED) is 0.665. The van der Waals surface area contributed by atoms with E-state index in [0.717, 1.165) is 11.8 Å². The van der Waals surface area contributed by atoms with Gasteiger partial charge >= 0.3 is 0 Å². The largest absolute Gasteiger partial charge is 0.494 e. The SMILES string of the molecule is CCOc1ccc(-c2noc(CNS(=O)(=O)c3ccc(F)c(C)c3)n2)cc1. The van der Waals surface area contributed by atoms with Crippen molar-refractivity contribution in [1.82, 2.24) is 14.9 Å². The van der Waals surface area contributed by atoms with E-state index in [1.165, 1.54) is 19.1 Å². The Balaban J connectivity index is 1.69. The van der Waals surface area contributed by atoms with Gasteiger partial charge in [-0.25, -0.2) is 17.5 Å². The van der Waals surface area contributed by atoms with E-state index in [1.807, 2.05) is 6.92 Å². The Bertz CT molecular complexity index is 1030. The van der Waals surface area contributed by atoms with E-state index in [0.29, 0.717) is 18.0 Å². The normalized spacial score (nSPS) is 11.5. The summed E-state index contributed by atoms with van der Waals surface area (Å²) in [6.45, 7) is 3.78. The highest BCUT2D eigenvalue weighted by molar-refractivity contribution is 7.89. The summed E-state index contributed by atoms with van der Waals surface area (Å²) in [5.41, 5.74) is 0.957. The van der Waals surface area contributed by atoms with Crippen LogP contribution in [0.2, 0.25) is 0 Å². The third kappa shape index (κ3) is 4.50. The number of nitrogens with zero attached hydrogens (tertiary/aromatic N) is 2. The van der Waals surface area contributed by atoms with Crippen LogP contribution in [0.3, 0.4) is 0 Å². The van der Waals surface area contributed by atoms with Gasteiger partial charge < -0.3 is 9.26 Å². The summed E-state index contributed by atoms with van der Waals surface area (Å²) in [5.74, 6) is 0.712. The van der Waals surface area contributed by atoms with Gasteiger partial charge in [0.25, 0.3) is 0 Å². The number of hydrogen-bond donors (Lipinski definition) is 1. The standard InChI is InChI=1S/C18H18FN3O4S/c1-3-25-14-6-4-13(5-7-14)18-21-17(26-22-18)11-20-27(23,24)15-8-9-16(19)12(2)10-15/h4-10,20H,3,11H2,1-2H3. The van der Waals surface area contributed by atoms with Gasteiger partial charge in [-0.05, 0) is 61.9 Å². The third-order valence-corrected chi connectivity index (χ3v) is 5.14. The van der Waals surface area contributed by atoms with E-state index in [9.17, 15) is 12.8 Å². The predicted octanol–water partition coefficient (Wildman–Crippen LogP) is 3.06. The molecule has 0 aliphatic rings. The van der Waals surface area contributed by atoms with Crippen molar-refractivity contribution in [1.29, 1.82) is 0 Å². The van der Waals surface area contributed by atoms with Gasteiger partial charge in [-0.3, -0.25) is 0 Å². The van der Waals surface area contributed by atoms with Crippen molar-refractivity contribution >= 4 is 10.0 Å². The zero-order chi connectivity index (χ0) is 19.4. The van der Waals surface area contributed by atoms with Crippen LogP contribution in [0, 0.1) is 12.7 Å². The highest BCUT2D eigenvalue weighted by Gasteiger charge is 2.17. The van der Waals surface area contributed by atoms with Crippen LogP contribution in [0.25, 0.3) is 11.4 Å². The van der Waals surface area contributed by atoms with Gasteiger partial charge in [0.15, 0.2) is 0 Å². The summed E-state index contributed by atoms with van der Waals surface area (Å²) in [4.78, 5) is 4.14. The van der Waals surface area contributed by atoms with Gasteiger partial charge in [0.1, 0.15) is 11.6 Å². The van der Waals surface area contributed by atoms with E-state index < -0.39 is 15.8 Å². The van der Waals surface area contributed by atoms with E-state index in [2.05, 4.69) is 14.9 Å². The molecule has 3 rings (SSSR count). The van der Waals surface area contributed by atoms with Gasteiger partial charge in [0, 0.05) is 5.56 Å². The van der Waals surface area contributed by atoms with Gasteiger partial charge in [0.05, 0.1) is 18.0 Å². The Hall–Kier alpha value is -2.78. The highest BCUT2D eigenvalue weighted by atomic mass is 32.2. The number of hydrogen-bond acceptors (Lipinski definition) is 6. The molecule has 1 aromatic heterocycles. The first-order valence-electron chi connectivity index (χ1n) is 8.20. The molecule has 2 aromatic carbocycles. The van der Waals surface area contributed by atoms with Crippen LogP contribution in [0.5, 0.6) is 5.75 Å². The van der Waals surface area contributed by atoms with Crippen LogP contribution in [-0.4, -0.2) is 25.2 Å². The summed E-state index contributed by atoms with van der Waals surface area (Å²) < 4.78 is 50.8. The predicted molar refractivity (Wildman–Crippen MR) is 96.1 cm³/mol. The zero-order valence-corrected chi connectivity index (χ0v) is 15.6. The number of sulfonamides is 1. The Labute approximate surface area is 156 Å². The van der Waals surface area contributed by atoms with Crippen LogP contribution in [0.1, 0.15) is 18.4 Å². The molecule has 7 nitrogen and oxygen atoms in total. The summed E-state index contributed by atoms with van der Waals surface area (Å²) >= 11 is 0. The van der Waals surface area contributed by atoms with Crippen LogP contribution in [0.4, 0.5) is 4.39 Å². The van der Waals surface area contributed by atoms with Crippen molar-refractivity contribution in [3.05, 3.63) is 59.7 Å². The van der Waals surface area contributed by atoms with Gasteiger partial charge in [-0.1, -0.05) is 5.16 Å². The van der Waals surface area contributed by atoms with Crippen molar-refractivity contribution in [3.63, 3.8) is 0 Å². The van der Waals surface area contributed by atoms with Crippen molar-refractivity contribution in [2.75, 3.05) is 6.61 Å². The number of ether oxygens (including phenoxy) is 1. The number of nitrogens with one attached hydrogen (secondary N) is 1. The maximum atomic E-state index is 13.3. The van der Waals surface area contributed by atoms with E-state index in [-0.39, 0.29) is 22.9 Å². The monoisotopic (exact) mass is 391 g/mol. The fourth-order valence-electron chi connectivity index (χ4n) is 2.34. The van der Waals surface area contributed by atoms with Gasteiger partial charge in [-0.2, -0.15) is 4.98 Å². The molecule has 0 aliphatic carbocycles. The minimum Gasteiger partial charge on any atom is -0.494 e. The molecular weight excluding hydrogens is 373 g/mol. The van der Waals surface area contributed by atoms with Gasteiger partial charge in [-0.15, -0.1) is 0 Å². The second-order valence-electron chi connectivity index (χ2n) is 5.70. The number of aryl methyl sites for hydroxylation is 1. The first-order valence-corrected chi connectivity index (χ1v) is 9.69. The molecule has 27 heavy (non-hydrogen) atoms. The Morgan fingerprint density at radius 3 is 2.59 bits per heavy atom. The lowest BCUT2D eigenvalue weighted by Gasteiger charge is -2.06. The third-order valence-electron chi connectivity index (χ3n) is 3.74. The number of halogens is 1. The molecule has 3 aromatic rings. The smallest absolute Gasteiger partial charge is 0.242 e. The van der Waals surface area contributed by atoms with Crippen LogP contribution in [0.15, 0.2) is 51.9 Å². The van der Waals surface area contributed by atoms with Crippen molar-refractivity contribution in [2.24, 2.45) is 0 Å². The number of benzene rings is 2. The van der Waals surface area contributed by atoms with Crippen LogP contribution >= 0.6 is 0 Å². The van der Waals surface area contributed by atoms with Crippen molar-refractivity contribution in [2.45, 2.75) is 25.3 Å². The lowest BCUT2D eigenvalue weighted by molar-refractivity contribution is 0.340. The molecule has 142 valence electrons. The molecule has 0 saturated heterocycles. The molecular formula is C18H18FN3O4S. The molecule has 0 spiro atoms. The van der Waals surface area contributed by atoms with E-state index in [1.54, 1.807) is 24.3 Å². The summed E-state index contributed by atoms with van der Waals surface area (Å²) in [6, 6.07) is 10.7. The van der Waals surface area contributed by atoms with Crippen LogP contribution in [-0.2, 0) is 16.6 Å². The Morgan fingerprint density at radius 2 is 1.93 bits per heavy atom. The molecule has 0 atom stereocenters. The molecule has 0 saturated carbocycles. The zero-order valence-electron chi connectivity index (χ0n) is 14.8. The molecule has 0 fully saturated rings. The molecule has 0 radical (unpaired) electrons. The lowest BCUT2D eigenvalue weighted by Crippen LogP contribution is -2.23. The topological polar surface area (TPSA) is 94.3 Å². The van der Waals surface area contributed by atoms with Crippen molar-refractivity contribution in [3.8, 4) is 17.1 Å². The fraction of sp³-hybridized carbons (Fsp3) is 0.222. The molecule has 0 unspecified atom stereocenters. The molecule has 0 aliphatic heterocycles. The molecule has 1 heterocycles.